The van der Waals surface area contributed by atoms with Crippen LogP contribution in [-0.2, 0) is 4.74 Å². The van der Waals surface area contributed by atoms with Crippen molar-refractivity contribution in [3.05, 3.63) is 0 Å². The van der Waals surface area contributed by atoms with E-state index in [4.69, 9.17) is 10.00 Å². The van der Waals surface area contributed by atoms with E-state index in [1.54, 1.807) is 0 Å². The summed E-state index contributed by atoms with van der Waals surface area (Å²) in [5.41, 5.74) is 0. The summed E-state index contributed by atoms with van der Waals surface area (Å²) in [5, 5.41) is 8.93. The van der Waals surface area contributed by atoms with Crippen molar-refractivity contribution in [3.63, 3.8) is 0 Å². The Morgan fingerprint density at radius 3 is 2.58 bits per heavy atom. The van der Waals surface area contributed by atoms with Crippen molar-refractivity contribution in [3.8, 4) is 6.07 Å². The van der Waals surface area contributed by atoms with Crippen molar-refractivity contribution in [2.45, 2.75) is 18.9 Å². The van der Waals surface area contributed by atoms with E-state index in [2.05, 4.69) is 27.8 Å². The van der Waals surface area contributed by atoms with Gasteiger partial charge in [-0.05, 0) is 26.6 Å². The van der Waals surface area contributed by atoms with Crippen molar-refractivity contribution >= 4 is 0 Å². The lowest BCUT2D eigenvalue weighted by Gasteiger charge is -2.31. The van der Waals surface area contributed by atoms with Crippen LogP contribution in [0.4, 0.5) is 0 Å². The molecule has 0 spiro atoms. The summed E-state index contributed by atoms with van der Waals surface area (Å²) in [5.74, 6) is 0. The average molecular weight is 266 g/mol. The molecule has 0 saturated carbocycles. The fourth-order valence-corrected chi connectivity index (χ4v) is 2.89. The first-order chi connectivity index (χ1) is 9.29. The second-order valence-electron chi connectivity index (χ2n) is 5.60. The molecule has 2 aliphatic rings. The van der Waals surface area contributed by atoms with E-state index in [9.17, 15) is 0 Å². The topological polar surface area (TPSA) is 42.7 Å². The van der Waals surface area contributed by atoms with Crippen LogP contribution in [0.25, 0.3) is 0 Å². The standard InChI is InChI=1S/C14H26N4O/c1-16-5-2-6-18(13-14(16)3-4-15)8-7-17-9-11-19-12-10-17/h14H,2-3,5-13H2,1H3. The zero-order valence-corrected chi connectivity index (χ0v) is 12.1. The van der Waals surface area contributed by atoms with Crippen LogP contribution in [0.5, 0.6) is 0 Å². The van der Waals surface area contributed by atoms with Gasteiger partial charge in [-0.3, -0.25) is 4.90 Å². The molecule has 19 heavy (non-hydrogen) atoms. The fourth-order valence-electron chi connectivity index (χ4n) is 2.89. The van der Waals surface area contributed by atoms with Crippen molar-refractivity contribution in [2.24, 2.45) is 0 Å². The zero-order valence-electron chi connectivity index (χ0n) is 12.1. The predicted molar refractivity (Wildman–Crippen MR) is 75.0 cm³/mol. The SMILES string of the molecule is CN1CCCN(CCN2CCOCC2)CC1CC#N. The van der Waals surface area contributed by atoms with E-state index in [0.29, 0.717) is 12.5 Å². The maximum Gasteiger partial charge on any atom is 0.0638 e. The first-order valence-electron chi connectivity index (χ1n) is 7.39. The minimum Gasteiger partial charge on any atom is -0.379 e. The second-order valence-corrected chi connectivity index (χ2v) is 5.60. The first kappa shape index (κ1) is 14.7. The molecule has 0 radical (unpaired) electrons. The van der Waals surface area contributed by atoms with Gasteiger partial charge in [0.1, 0.15) is 0 Å². The summed E-state index contributed by atoms with van der Waals surface area (Å²) in [6, 6.07) is 2.73. The van der Waals surface area contributed by atoms with Gasteiger partial charge in [-0.1, -0.05) is 0 Å². The third-order valence-corrected chi connectivity index (χ3v) is 4.24. The number of hydrogen-bond acceptors (Lipinski definition) is 5. The van der Waals surface area contributed by atoms with Gasteiger partial charge in [0.05, 0.1) is 25.7 Å². The van der Waals surface area contributed by atoms with Gasteiger partial charge in [0.15, 0.2) is 0 Å². The van der Waals surface area contributed by atoms with Crippen molar-refractivity contribution < 1.29 is 4.74 Å². The molecule has 0 aliphatic carbocycles. The lowest BCUT2D eigenvalue weighted by Crippen LogP contribution is -2.44. The number of hydrogen-bond donors (Lipinski definition) is 0. The van der Waals surface area contributed by atoms with Crippen LogP contribution < -0.4 is 0 Å². The highest BCUT2D eigenvalue weighted by molar-refractivity contribution is 4.86. The molecule has 108 valence electrons. The quantitative estimate of drug-likeness (QED) is 0.729. The van der Waals surface area contributed by atoms with Crippen LogP contribution in [0, 0.1) is 11.3 Å². The minimum atomic E-state index is 0.400. The molecule has 5 heteroatoms. The Morgan fingerprint density at radius 1 is 1.11 bits per heavy atom. The van der Waals surface area contributed by atoms with E-state index in [-0.39, 0.29) is 0 Å². The normalized spacial score (nSPS) is 27.9. The minimum absolute atomic E-state index is 0.400. The molecule has 1 atom stereocenters. The molecule has 2 fully saturated rings. The number of rotatable bonds is 4. The smallest absolute Gasteiger partial charge is 0.0638 e. The third kappa shape index (κ3) is 4.73. The van der Waals surface area contributed by atoms with Crippen LogP contribution in [0.2, 0.25) is 0 Å². The van der Waals surface area contributed by atoms with E-state index in [1.807, 2.05) is 0 Å². The molecule has 0 aromatic carbocycles. The highest BCUT2D eigenvalue weighted by Crippen LogP contribution is 2.11. The second kappa shape index (κ2) is 7.81. The number of nitriles is 1. The van der Waals surface area contributed by atoms with Crippen molar-refractivity contribution in [1.82, 2.24) is 14.7 Å². The number of nitrogens with zero attached hydrogens (tertiary/aromatic N) is 4. The van der Waals surface area contributed by atoms with Crippen LogP contribution in [0.15, 0.2) is 0 Å². The summed E-state index contributed by atoms with van der Waals surface area (Å²) >= 11 is 0. The van der Waals surface area contributed by atoms with E-state index in [0.717, 1.165) is 59.0 Å². The summed E-state index contributed by atoms with van der Waals surface area (Å²) < 4.78 is 5.38. The predicted octanol–water partition coefficient (Wildman–Crippen LogP) is 0.238. The number of morpholine rings is 1. The van der Waals surface area contributed by atoms with Gasteiger partial charge in [0.2, 0.25) is 0 Å². The lowest BCUT2D eigenvalue weighted by atomic mass is 10.2. The molecule has 2 saturated heterocycles. The van der Waals surface area contributed by atoms with Gasteiger partial charge >= 0.3 is 0 Å². The van der Waals surface area contributed by atoms with Gasteiger partial charge in [0.25, 0.3) is 0 Å². The maximum atomic E-state index is 8.93. The Kier molecular flexibility index (Phi) is 6.05. The molecular weight excluding hydrogens is 240 g/mol. The molecular formula is C14H26N4O. The van der Waals surface area contributed by atoms with Crippen molar-refractivity contribution in [1.29, 1.82) is 5.26 Å². The Bertz CT molecular complexity index is 298. The monoisotopic (exact) mass is 266 g/mol. The van der Waals surface area contributed by atoms with Gasteiger partial charge in [-0.15, -0.1) is 0 Å². The molecule has 0 aromatic heterocycles. The average Bonchev–Trinajstić information content (AvgIpc) is 2.61. The molecule has 1 unspecified atom stereocenters. The number of ether oxygens (including phenoxy) is 1. The summed E-state index contributed by atoms with van der Waals surface area (Å²) in [6.07, 6.45) is 1.85. The summed E-state index contributed by atoms with van der Waals surface area (Å²) in [6.45, 7) is 9.44. The highest BCUT2D eigenvalue weighted by Gasteiger charge is 2.22. The Morgan fingerprint density at radius 2 is 1.84 bits per heavy atom. The van der Waals surface area contributed by atoms with Gasteiger partial charge < -0.3 is 14.5 Å². The summed E-state index contributed by atoms with van der Waals surface area (Å²) in [4.78, 5) is 7.36. The molecule has 0 N–H and O–H groups in total. The maximum absolute atomic E-state index is 8.93. The van der Waals surface area contributed by atoms with Crippen molar-refractivity contribution in [2.75, 3.05) is 66.1 Å². The number of likely N-dealkylation sites (N-methyl/N-ethyl adjacent to an activating group) is 1. The van der Waals surface area contributed by atoms with Crippen LogP contribution in [0.1, 0.15) is 12.8 Å². The van der Waals surface area contributed by atoms with E-state index < -0.39 is 0 Å². The lowest BCUT2D eigenvalue weighted by molar-refractivity contribution is 0.0330. The molecule has 2 rings (SSSR count). The van der Waals surface area contributed by atoms with Crippen LogP contribution >= 0.6 is 0 Å². The Hall–Kier alpha value is -0.670. The Balaban J connectivity index is 1.76. The summed E-state index contributed by atoms with van der Waals surface area (Å²) in [7, 11) is 2.15. The first-order valence-corrected chi connectivity index (χ1v) is 7.39. The van der Waals surface area contributed by atoms with Gasteiger partial charge in [-0.25, -0.2) is 0 Å². The van der Waals surface area contributed by atoms with Crippen LogP contribution in [0.3, 0.4) is 0 Å². The van der Waals surface area contributed by atoms with Gasteiger partial charge in [0, 0.05) is 38.8 Å². The zero-order chi connectivity index (χ0) is 13.5. The molecule has 0 aromatic rings. The Labute approximate surface area is 116 Å². The largest absolute Gasteiger partial charge is 0.379 e. The van der Waals surface area contributed by atoms with E-state index in [1.165, 1.54) is 6.42 Å². The van der Waals surface area contributed by atoms with Crippen LogP contribution in [-0.4, -0.2) is 86.8 Å². The molecule has 0 bridgehead atoms. The van der Waals surface area contributed by atoms with E-state index >= 15 is 0 Å². The molecule has 0 amide bonds. The van der Waals surface area contributed by atoms with Gasteiger partial charge in [-0.2, -0.15) is 5.26 Å². The molecule has 5 nitrogen and oxygen atoms in total. The molecule has 2 aliphatic heterocycles. The molecule has 2 heterocycles. The third-order valence-electron chi connectivity index (χ3n) is 4.24. The fraction of sp³-hybridized carbons (Fsp3) is 0.929. The highest BCUT2D eigenvalue weighted by atomic mass is 16.5.